The fourth-order valence-corrected chi connectivity index (χ4v) is 15.1. The van der Waals surface area contributed by atoms with Gasteiger partial charge in [-0.15, -0.1) is 0 Å². The predicted molar refractivity (Wildman–Crippen MR) is 392 cm³/mol. The molecule has 10 rings (SSSR count). The molecular formula is C76H88F2N12O12S2. The van der Waals surface area contributed by atoms with Crippen molar-refractivity contribution in [3.8, 4) is 5.75 Å². The van der Waals surface area contributed by atoms with E-state index in [1.165, 1.54) is 68.0 Å². The third-order valence-corrected chi connectivity index (χ3v) is 21.3. The summed E-state index contributed by atoms with van der Waals surface area (Å²) >= 11 is 3.17. The second-order valence-electron chi connectivity index (χ2n) is 26.8. The number of aromatic nitrogens is 3. The van der Waals surface area contributed by atoms with E-state index in [9.17, 15) is 38.3 Å². The second-order valence-corrected chi connectivity index (χ2v) is 29.0. The minimum absolute atomic E-state index is 0.0671. The van der Waals surface area contributed by atoms with Gasteiger partial charge in [0.2, 0.25) is 47.3 Å². The summed E-state index contributed by atoms with van der Waals surface area (Å²) in [5, 5.41) is 32.4. The molecule has 1 aliphatic carbocycles. The van der Waals surface area contributed by atoms with E-state index in [0.717, 1.165) is 27.5 Å². The number of H-pyrrole nitrogens is 2. The lowest BCUT2D eigenvalue weighted by atomic mass is 9.91. The summed E-state index contributed by atoms with van der Waals surface area (Å²) in [4.78, 5) is 157. The molecule has 1 fully saturated rings. The first-order valence-electron chi connectivity index (χ1n) is 34.9. The Kier molecular flexibility index (Phi) is 26.5. The number of carboxylic acid groups (broad SMARTS) is 1. The highest BCUT2D eigenvalue weighted by Crippen LogP contribution is 2.34. The molecule has 2 aromatic heterocycles. The second kappa shape index (κ2) is 36.0. The number of halogens is 2. The highest BCUT2D eigenvalue weighted by molar-refractivity contribution is 7.98. The fraction of sp³-hybridized carbons (Fsp3) is 0.408. The number of unbranched alkanes of at least 4 members (excludes halogenated alkanes) is 1. The number of imidazole rings is 1. The van der Waals surface area contributed by atoms with Crippen molar-refractivity contribution in [1.29, 1.82) is 0 Å². The van der Waals surface area contributed by atoms with Crippen LogP contribution in [0.5, 0.6) is 5.75 Å². The number of carboxylic acids is 1. The van der Waals surface area contributed by atoms with Crippen molar-refractivity contribution in [3.05, 3.63) is 173 Å². The van der Waals surface area contributed by atoms with E-state index in [1.54, 1.807) is 66.9 Å². The maximum absolute atomic E-state index is 15.3. The van der Waals surface area contributed by atoms with Crippen molar-refractivity contribution in [2.45, 2.75) is 151 Å². The Labute approximate surface area is 609 Å². The Hall–Kier alpha value is -9.93. The number of aromatic amines is 2. The van der Waals surface area contributed by atoms with Crippen LogP contribution < -0.4 is 47.7 Å². The standard InChI is InChI=1S/C76H88F2N12O12S2/c1-44-69(95)87-63(32-50-15-14-49-16-17-54(77)36-58(49)50)72(98)86-62(33-53-39-82-60-21-18-55(78)37-59(53)60)66(91)34-52(35-68(93)94)70(96)88-64(38-56-40-80-43-83-56)73(99)89-65(31-45-10-19-57(102-3)20-11-45)74(100)90-26-6-23-76(90,2)75(101)81-25-28-104-42-47-9-13-48-12-8-46(29-51(48)30-47)41-103-27-22-67(92)85-61(71(97)84-44)7-4-5-24-79/h8-13,15-21,29-30,36-37,39-40,43-44,52,61-65,82H,4-7,14,22-28,31-35,38,41-42,79H2,1-3H3,(H,80,83)(H,81,101)(H,84,97)(H,85,92)(H,86,98)(H,87,95)(H,88,96)(H,89,99)(H,93,94)/t44-,52+,61+,62+,63+,64+,65+,76+/m1/s1. The van der Waals surface area contributed by atoms with Gasteiger partial charge in [0.15, 0.2) is 5.78 Å². The largest absolute Gasteiger partial charge is 0.497 e. The number of aliphatic carboxylic acids is 1. The van der Waals surface area contributed by atoms with Crippen LogP contribution >= 0.6 is 23.5 Å². The number of benzene rings is 5. The number of carbonyl (C=O) groups excluding carboxylic acids is 9. The maximum atomic E-state index is 15.3. The molecule has 0 unspecified atom stereocenters. The number of methoxy groups -OCH3 is 1. The van der Waals surface area contributed by atoms with Crippen LogP contribution in [0.3, 0.4) is 0 Å². The Balaban J connectivity index is 0.976. The number of amides is 8. The number of ketones is 1. The van der Waals surface area contributed by atoms with Crippen LogP contribution in [0.25, 0.3) is 27.2 Å². The molecule has 5 aromatic carbocycles. The SMILES string of the molecule is COc1ccc(C[C@@H]2NC(=O)[C@H](Cc3cnc[nH]3)NC(=O)[C@H](CC(=O)O)CC(=O)[C@H](Cc3c[nH]c4ccc(F)cc34)NC(=O)[C@H](CC3=CCc4ccc(F)cc43)NC(=O)[C@@H](C)NC(=O)[C@H](CCCCN)NC(=O)CCSCc3ccc4ccc(cc4c3)CSCCNC(=O)[C@]3(C)CCCN3C2=O)cc1. The van der Waals surface area contributed by atoms with Crippen LogP contribution in [0.2, 0.25) is 0 Å². The third kappa shape index (κ3) is 20.3. The number of fused-ring (bicyclic) bond motifs is 5. The molecule has 3 aliphatic rings. The van der Waals surface area contributed by atoms with E-state index in [2.05, 4.69) is 76.4 Å². The first-order chi connectivity index (χ1) is 50.0. The highest BCUT2D eigenvalue weighted by Gasteiger charge is 2.48. The van der Waals surface area contributed by atoms with Gasteiger partial charge in [-0.1, -0.05) is 60.7 Å². The highest BCUT2D eigenvalue weighted by atomic mass is 32.2. The number of ether oxygens (including phenoxy) is 1. The van der Waals surface area contributed by atoms with E-state index in [1.807, 2.05) is 12.1 Å². The molecule has 8 amide bonds. The maximum Gasteiger partial charge on any atom is 0.304 e. The van der Waals surface area contributed by atoms with Gasteiger partial charge in [-0.05, 0) is 151 Å². The van der Waals surface area contributed by atoms with Gasteiger partial charge in [0.1, 0.15) is 53.1 Å². The number of hydrogen-bond acceptors (Lipinski definition) is 15. The minimum atomic E-state index is -1.75. The lowest BCUT2D eigenvalue weighted by Gasteiger charge is -2.36. The molecule has 104 heavy (non-hydrogen) atoms. The summed E-state index contributed by atoms with van der Waals surface area (Å²) in [6, 6.07) is 18.7. The van der Waals surface area contributed by atoms with Crippen LogP contribution in [0.4, 0.5) is 8.78 Å². The summed E-state index contributed by atoms with van der Waals surface area (Å²) < 4.78 is 35.4. The average Bonchev–Trinajstić information content (AvgIpc) is 1.60. The van der Waals surface area contributed by atoms with Gasteiger partial charge >= 0.3 is 5.97 Å². The molecule has 0 saturated carbocycles. The monoisotopic (exact) mass is 1460 g/mol. The topological polar surface area (TPSA) is 358 Å². The molecule has 28 heteroatoms. The first kappa shape index (κ1) is 76.7. The number of hydrogen-bond donors (Lipinski definition) is 11. The van der Waals surface area contributed by atoms with E-state index in [0.29, 0.717) is 106 Å². The molecule has 3 bridgehead atoms. The molecule has 12 N–H and O–H groups in total. The average molecular weight is 1460 g/mol. The molecular weight excluding hydrogens is 1380 g/mol. The molecule has 8 atom stereocenters. The zero-order valence-corrected chi connectivity index (χ0v) is 59.8. The van der Waals surface area contributed by atoms with Crippen molar-refractivity contribution in [3.63, 3.8) is 0 Å². The third-order valence-electron chi connectivity index (χ3n) is 19.2. The minimum Gasteiger partial charge on any atom is -0.497 e. The van der Waals surface area contributed by atoms with Gasteiger partial charge < -0.3 is 67.7 Å². The van der Waals surface area contributed by atoms with Crippen molar-refractivity contribution in [1.82, 2.24) is 57.1 Å². The van der Waals surface area contributed by atoms with Crippen LogP contribution in [0, 0.1) is 17.6 Å². The normalized spacial score (nSPS) is 22.9. The molecule has 550 valence electrons. The number of nitrogens with two attached hydrogens (primary N) is 1. The smallest absolute Gasteiger partial charge is 0.304 e. The molecule has 0 spiro atoms. The van der Waals surface area contributed by atoms with Gasteiger partial charge in [0.25, 0.3) is 0 Å². The molecule has 2 aliphatic heterocycles. The fourth-order valence-electron chi connectivity index (χ4n) is 13.4. The van der Waals surface area contributed by atoms with Gasteiger partial charge in [-0.2, -0.15) is 23.5 Å². The number of rotatable bonds is 15. The van der Waals surface area contributed by atoms with Crippen molar-refractivity contribution in [2.24, 2.45) is 11.7 Å². The summed E-state index contributed by atoms with van der Waals surface area (Å²) in [5.74, 6) is -8.55. The number of allylic oxidation sites excluding steroid dienone is 1. The van der Waals surface area contributed by atoms with Crippen LogP contribution in [-0.4, -0.2) is 164 Å². The van der Waals surface area contributed by atoms with Gasteiger partial charge in [-0.3, -0.25) is 47.9 Å². The van der Waals surface area contributed by atoms with Crippen molar-refractivity contribution in [2.75, 3.05) is 38.2 Å². The van der Waals surface area contributed by atoms with Gasteiger partial charge in [-0.25, -0.2) is 13.8 Å². The quantitative estimate of drug-likeness (QED) is 0.0484. The zero-order chi connectivity index (χ0) is 74.0. The Morgan fingerprint density at radius 1 is 0.712 bits per heavy atom. The van der Waals surface area contributed by atoms with Crippen LogP contribution in [0.1, 0.15) is 111 Å². The van der Waals surface area contributed by atoms with Crippen molar-refractivity contribution >= 4 is 110 Å². The number of thioether (sulfide) groups is 2. The molecule has 4 heterocycles. The van der Waals surface area contributed by atoms with E-state index >= 15 is 23.6 Å². The zero-order valence-electron chi connectivity index (χ0n) is 58.2. The van der Waals surface area contributed by atoms with Crippen LogP contribution in [0.15, 0.2) is 122 Å². The number of nitrogens with zero attached hydrogens (tertiary/aromatic N) is 2. The first-order valence-corrected chi connectivity index (χ1v) is 37.2. The summed E-state index contributed by atoms with van der Waals surface area (Å²) in [6.07, 6.45) is 5.44. The van der Waals surface area contributed by atoms with Crippen molar-refractivity contribution < 1.29 is 66.6 Å². The Bertz CT molecular complexity index is 4330. The predicted octanol–water partition coefficient (Wildman–Crippen LogP) is 6.56. The number of Topliss-reactive ketones (excluding diaryl/α,β-unsaturated/α-hetero) is 1. The Morgan fingerprint density at radius 3 is 2.11 bits per heavy atom. The lowest BCUT2D eigenvalue weighted by Crippen LogP contribution is -2.61. The lowest BCUT2D eigenvalue weighted by molar-refractivity contribution is -0.146. The summed E-state index contributed by atoms with van der Waals surface area (Å²) in [7, 11) is 1.50. The van der Waals surface area contributed by atoms with Gasteiger partial charge in [0.05, 0.1) is 31.8 Å². The van der Waals surface area contributed by atoms with E-state index in [4.69, 9.17) is 10.5 Å². The molecule has 24 nitrogen and oxygen atoms in total. The van der Waals surface area contributed by atoms with Gasteiger partial charge in [0, 0.05) is 104 Å². The Morgan fingerprint density at radius 2 is 1.39 bits per heavy atom. The van der Waals surface area contributed by atoms with E-state index in [-0.39, 0.29) is 57.5 Å². The van der Waals surface area contributed by atoms with Crippen LogP contribution in [-0.2, 0) is 85.1 Å². The molecule has 0 radical (unpaired) electrons. The summed E-state index contributed by atoms with van der Waals surface area (Å²) in [6.45, 7) is 3.84. The van der Waals surface area contributed by atoms with E-state index < -0.39 is 125 Å². The number of carbonyl (C=O) groups is 10. The molecule has 7 aromatic rings. The summed E-state index contributed by atoms with van der Waals surface area (Å²) in [5.41, 5.74) is 9.92. The molecule has 1 saturated heterocycles. The number of nitrogens with one attached hydrogen (secondary N) is 9.